The van der Waals surface area contributed by atoms with Crippen molar-refractivity contribution < 1.29 is 38.5 Å². The minimum atomic E-state index is -0.894. The van der Waals surface area contributed by atoms with Crippen LogP contribution in [0.2, 0.25) is 0 Å². The van der Waals surface area contributed by atoms with Crippen LogP contribution in [0.15, 0.2) is 134 Å². The van der Waals surface area contributed by atoms with Crippen LogP contribution in [-0.2, 0) is 46.5 Å². The number of imidazole rings is 2. The van der Waals surface area contributed by atoms with Gasteiger partial charge in [0.05, 0.1) is 49.9 Å². The maximum atomic E-state index is 13.5. The number of rotatable bonds is 14. The lowest BCUT2D eigenvalue weighted by atomic mass is 9.84. The van der Waals surface area contributed by atoms with Crippen LogP contribution in [0.1, 0.15) is 97.2 Å². The Kier molecular flexibility index (Phi) is 16.8. The SMILES string of the molecule is CC(=O)C(=O)N(CC1COC(C)(C)OC1)[C@@H](c1nc(-c2ccccc2)cn1Cc1ccccc1)C(C)(C)C.CC(C)(C)[C@H](c1nc(-c2ccccc2)cn1Cc1ccccc1)N1CC(CO)COC(=O)C1=O. The van der Waals surface area contributed by atoms with Gasteiger partial charge in [0.1, 0.15) is 11.6 Å². The fourth-order valence-corrected chi connectivity index (χ4v) is 9.33. The lowest BCUT2D eigenvalue weighted by Crippen LogP contribution is -2.50. The molecule has 14 nitrogen and oxygen atoms in total. The van der Waals surface area contributed by atoms with E-state index in [1.165, 1.54) is 11.8 Å². The van der Waals surface area contributed by atoms with Crippen molar-refractivity contribution in [3.8, 4) is 22.5 Å². The summed E-state index contributed by atoms with van der Waals surface area (Å²) in [6.45, 7) is 19.8. The van der Waals surface area contributed by atoms with Gasteiger partial charge in [-0.15, -0.1) is 0 Å². The maximum Gasteiger partial charge on any atom is 0.397 e. The van der Waals surface area contributed by atoms with E-state index in [2.05, 4.69) is 42.0 Å². The number of hydrogen-bond donors (Lipinski definition) is 1. The minimum absolute atomic E-state index is 0.0160. The summed E-state index contributed by atoms with van der Waals surface area (Å²) < 4.78 is 21.1. The Labute approximate surface area is 424 Å². The van der Waals surface area contributed by atoms with Crippen LogP contribution in [0.3, 0.4) is 0 Å². The molecular formula is C58H70N6O8. The molecule has 0 spiro atoms. The molecule has 2 aliphatic rings. The lowest BCUT2D eigenvalue weighted by molar-refractivity contribution is -0.263. The molecule has 2 amide bonds. The average molecular weight is 979 g/mol. The largest absolute Gasteiger partial charge is 0.458 e. The Morgan fingerprint density at radius 2 is 1.14 bits per heavy atom. The summed E-state index contributed by atoms with van der Waals surface area (Å²) in [5.41, 5.74) is 4.94. The highest BCUT2D eigenvalue weighted by Crippen LogP contribution is 2.42. The van der Waals surface area contributed by atoms with Crippen LogP contribution in [0, 0.1) is 22.7 Å². The first-order chi connectivity index (χ1) is 34.2. The van der Waals surface area contributed by atoms with Crippen molar-refractivity contribution in [1.29, 1.82) is 0 Å². The Balaban J connectivity index is 0.000000213. The van der Waals surface area contributed by atoms with E-state index >= 15 is 0 Å². The van der Waals surface area contributed by atoms with E-state index in [9.17, 15) is 24.3 Å². The van der Waals surface area contributed by atoms with Gasteiger partial charge in [0.15, 0.2) is 5.79 Å². The highest BCUT2D eigenvalue weighted by Gasteiger charge is 2.44. The normalized spacial score (nSPS) is 17.2. The molecule has 3 atom stereocenters. The summed E-state index contributed by atoms with van der Waals surface area (Å²) in [5.74, 6) is -2.27. The van der Waals surface area contributed by atoms with Crippen LogP contribution in [-0.4, -0.2) is 103 Å². The van der Waals surface area contributed by atoms with Gasteiger partial charge in [0, 0.05) is 68.5 Å². The average Bonchev–Trinajstić information content (AvgIpc) is 3.92. The Hall–Kier alpha value is -6.74. The number of ether oxygens (including phenoxy) is 3. The van der Waals surface area contributed by atoms with Gasteiger partial charge >= 0.3 is 11.9 Å². The van der Waals surface area contributed by atoms with Crippen LogP contribution in [0.5, 0.6) is 0 Å². The van der Waals surface area contributed by atoms with E-state index in [0.29, 0.717) is 38.7 Å². The molecule has 72 heavy (non-hydrogen) atoms. The molecule has 1 unspecified atom stereocenters. The molecule has 8 rings (SSSR count). The van der Waals surface area contributed by atoms with Crippen LogP contribution < -0.4 is 0 Å². The van der Waals surface area contributed by atoms with Crippen LogP contribution in [0.25, 0.3) is 22.5 Å². The van der Waals surface area contributed by atoms with Gasteiger partial charge in [-0.1, -0.05) is 163 Å². The molecule has 2 aromatic heterocycles. The zero-order valence-corrected chi connectivity index (χ0v) is 43.2. The molecule has 2 fully saturated rings. The van der Waals surface area contributed by atoms with Crippen molar-refractivity contribution >= 4 is 23.6 Å². The van der Waals surface area contributed by atoms with E-state index in [1.807, 2.05) is 156 Å². The molecule has 380 valence electrons. The van der Waals surface area contributed by atoms with E-state index in [0.717, 1.165) is 39.5 Å². The Morgan fingerprint density at radius 3 is 1.58 bits per heavy atom. The quantitative estimate of drug-likeness (QED) is 0.0824. The predicted molar refractivity (Wildman–Crippen MR) is 276 cm³/mol. The first kappa shape index (κ1) is 53.1. The third kappa shape index (κ3) is 13.2. The highest BCUT2D eigenvalue weighted by molar-refractivity contribution is 6.35. The molecule has 14 heteroatoms. The smallest absolute Gasteiger partial charge is 0.397 e. The van der Waals surface area contributed by atoms with Gasteiger partial charge < -0.3 is 38.3 Å². The van der Waals surface area contributed by atoms with Gasteiger partial charge in [-0.3, -0.25) is 14.4 Å². The van der Waals surface area contributed by atoms with Gasteiger partial charge in [-0.05, 0) is 35.8 Å². The second kappa shape index (κ2) is 22.8. The number of carbonyl (C=O) groups excluding carboxylic acids is 4. The number of Topliss-reactive ketones (excluding diaryl/α,β-unsaturated/α-hetero) is 1. The topological polar surface area (TPSA) is 158 Å². The first-order valence-corrected chi connectivity index (χ1v) is 24.7. The fraction of sp³-hybridized carbons (Fsp3) is 0.414. The van der Waals surface area contributed by atoms with Crippen LogP contribution in [0.4, 0.5) is 0 Å². The molecule has 0 radical (unpaired) electrons. The van der Waals surface area contributed by atoms with E-state index < -0.39 is 52.3 Å². The van der Waals surface area contributed by atoms with Crippen molar-refractivity contribution in [3.05, 3.63) is 156 Å². The lowest BCUT2D eigenvalue weighted by Gasteiger charge is -2.43. The summed E-state index contributed by atoms with van der Waals surface area (Å²) in [4.78, 5) is 65.0. The van der Waals surface area contributed by atoms with Crippen molar-refractivity contribution in [1.82, 2.24) is 28.9 Å². The van der Waals surface area contributed by atoms with Gasteiger partial charge in [0.2, 0.25) is 5.78 Å². The number of aromatic nitrogens is 4. The fourth-order valence-electron chi connectivity index (χ4n) is 9.33. The van der Waals surface area contributed by atoms with Gasteiger partial charge in [0.25, 0.3) is 5.91 Å². The molecule has 2 aliphatic heterocycles. The van der Waals surface area contributed by atoms with E-state index in [4.69, 9.17) is 24.2 Å². The summed E-state index contributed by atoms with van der Waals surface area (Å²) in [6, 6.07) is 39.2. The third-order valence-corrected chi connectivity index (χ3v) is 12.8. The number of amides is 2. The van der Waals surface area contributed by atoms with Gasteiger partial charge in [-0.25, -0.2) is 14.8 Å². The zero-order chi connectivity index (χ0) is 51.8. The highest BCUT2D eigenvalue weighted by atomic mass is 16.7. The summed E-state index contributed by atoms with van der Waals surface area (Å²) in [5, 5.41) is 9.81. The number of carbonyl (C=O) groups is 4. The number of cyclic esters (lactones) is 1. The monoisotopic (exact) mass is 979 g/mol. The molecule has 0 bridgehead atoms. The summed E-state index contributed by atoms with van der Waals surface area (Å²) >= 11 is 0. The van der Waals surface area contributed by atoms with Crippen molar-refractivity contribution in [2.45, 2.75) is 93.3 Å². The number of ketones is 1. The number of aliphatic hydroxyl groups excluding tert-OH is 1. The standard InChI is InChI=1S/C31H39N3O4.C27H31N3O4/c1-22(35)29(36)34(18-24-20-37-31(5,6)38-21-24)27(30(2,3)4)28-32-26(25-15-11-8-12-16-25)19-33(28)17-23-13-9-7-10-14-23;1-27(2,3)23(30-15-20(17-31)18-34-26(33)25(30)32)24-28-22(21-12-8-5-9-13-21)16-29(24)14-19-10-6-4-7-11-19/h7-16,19,24,27H,17-18,20-21H2,1-6H3;4-13,16,20,23,31H,14-15,17-18H2,1-3H3/t27-;20?,23-/m00/s1. The second-order valence-electron chi connectivity index (χ2n) is 21.5. The number of nitrogens with zero attached hydrogens (tertiary/aromatic N) is 6. The van der Waals surface area contributed by atoms with E-state index in [-0.39, 0.29) is 31.6 Å². The number of aliphatic hydroxyl groups is 1. The van der Waals surface area contributed by atoms with Crippen LogP contribution >= 0.6 is 0 Å². The molecule has 4 heterocycles. The molecule has 0 aliphatic carbocycles. The number of hydrogen-bond acceptors (Lipinski definition) is 10. The number of esters is 1. The molecule has 4 aromatic carbocycles. The molecule has 2 saturated heterocycles. The minimum Gasteiger partial charge on any atom is -0.458 e. The summed E-state index contributed by atoms with van der Waals surface area (Å²) in [7, 11) is 0. The molecule has 6 aromatic rings. The van der Waals surface area contributed by atoms with E-state index in [1.54, 1.807) is 4.90 Å². The molecular weight excluding hydrogens is 909 g/mol. The number of benzene rings is 4. The Bertz CT molecular complexity index is 2750. The van der Waals surface area contributed by atoms with Crippen molar-refractivity contribution in [3.63, 3.8) is 0 Å². The predicted octanol–water partition coefficient (Wildman–Crippen LogP) is 9.18. The van der Waals surface area contributed by atoms with Gasteiger partial charge in [-0.2, -0.15) is 0 Å². The first-order valence-electron chi connectivity index (χ1n) is 24.7. The van der Waals surface area contributed by atoms with Crippen molar-refractivity contribution in [2.24, 2.45) is 22.7 Å². The zero-order valence-electron chi connectivity index (χ0n) is 43.2. The maximum absolute atomic E-state index is 13.5. The third-order valence-electron chi connectivity index (χ3n) is 12.8. The molecule has 1 N–H and O–H groups in total. The second-order valence-corrected chi connectivity index (χ2v) is 21.5. The summed E-state index contributed by atoms with van der Waals surface area (Å²) in [6.07, 6.45) is 4.04. The molecule has 0 saturated carbocycles. The Morgan fingerprint density at radius 1 is 0.681 bits per heavy atom. The van der Waals surface area contributed by atoms with Crippen molar-refractivity contribution in [2.75, 3.05) is 39.5 Å².